The Kier molecular flexibility index (Phi) is 7.37. The van der Waals surface area contributed by atoms with Gasteiger partial charge in [0.1, 0.15) is 0 Å². The molecule has 212 valence electrons. The zero-order valence-electron chi connectivity index (χ0n) is 23.3. The van der Waals surface area contributed by atoms with E-state index in [4.69, 9.17) is 21.3 Å². The van der Waals surface area contributed by atoms with Crippen molar-refractivity contribution in [3.05, 3.63) is 94.5 Å². The summed E-state index contributed by atoms with van der Waals surface area (Å²) >= 11 is 6.41. The highest BCUT2D eigenvalue weighted by Gasteiger charge is 2.48. The summed E-state index contributed by atoms with van der Waals surface area (Å²) < 4.78 is 5.65. The molecule has 2 heterocycles. The number of aromatic nitrogens is 1. The van der Waals surface area contributed by atoms with Gasteiger partial charge in [-0.15, -0.1) is 0 Å². The van der Waals surface area contributed by atoms with Crippen LogP contribution >= 0.6 is 11.6 Å². The molecule has 0 N–H and O–H groups in total. The molecule has 42 heavy (non-hydrogen) atoms. The summed E-state index contributed by atoms with van der Waals surface area (Å²) in [5.74, 6) is -1.68. The number of halogens is 1. The number of carbonyl (C=O) groups excluding carboxylic acids is 4. The molecule has 1 saturated heterocycles. The minimum Gasteiger partial charge on any atom is -0.451 e. The topological polar surface area (TPSA) is 93.6 Å². The zero-order valence-corrected chi connectivity index (χ0v) is 24.1. The number of ether oxygens (including phenoxy) is 1. The normalized spacial score (nSPS) is 19.1. The van der Waals surface area contributed by atoms with Crippen molar-refractivity contribution in [2.24, 2.45) is 11.8 Å². The van der Waals surface area contributed by atoms with Gasteiger partial charge in [0.2, 0.25) is 17.6 Å². The third-order valence-electron chi connectivity index (χ3n) is 8.36. The number of ketones is 1. The number of nitrogens with zero attached hydrogens (tertiary/aromatic N) is 2. The van der Waals surface area contributed by atoms with E-state index in [0.717, 1.165) is 25.7 Å². The second-order valence-corrected chi connectivity index (χ2v) is 11.4. The fourth-order valence-electron chi connectivity index (χ4n) is 6.03. The molecule has 0 spiro atoms. The van der Waals surface area contributed by atoms with Crippen LogP contribution in [-0.4, -0.2) is 34.7 Å². The number of carbonyl (C=O) groups is 4. The zero-order chi connectivity index (χ0) is 29.5. The predicted molar refractivity (Wildman–Crippen MR) is 161 cm³/mol. The minimum atomic E-state index is -1.00. The first-order valence-corrected chi connectivity index (χ1v) is 14.5. The summed E-state index contributed by atoms with van der Waals surface area (Å²) in [6, 6.07) is 20.8. The molecule has 3 unspecified atom stereocenters. The van der Waals surface area contributed by atoms with E-state index >= 15 is 0 Å². The number of Topliss-reactive ketones (excluding diaryl/α,β-unsaturated/α-hetero) is 1. The second kappa shape index (κ2) is 11.1. The van der Waals surface area contributed by atoms with Crippen LogP contribution in [0.15, 0.2) is 72.8 Å². The fraction of sp³-hybridized carbons (Fsp3) is 0.265. The van der Waals surface area contributed by atoms with E-state index in [1.54, 1.807) is 73.7 Å². The molecular formula is C34H29ClN2O5. The van der Waals surface area contributed by atoms with Gasteiger partial charge in [0.15, 0.2) is 6.10 Å². The SMILES string of the molecule is Cc1c(Cl)ccc2c(C(=O)OC(C)C(=O)c3ccccc3)cc(-c3ccc(N4C(=O)C5CCCCC5C4=O)cc3)nc12. The molecular weight excluding hydrogens is 552 g/mol. The maximum atomic E-state index is 13.5. The van der Waals surface area contributed by atoms with Crippen molar-refractivity contribution < 1.29 is 23.9 Å². The van der Waals surface area contributed by atoms with E-state index in [0.29, 0.717) is 44.0 Å². The second-order valence-electron chi connectivity index (χ2n) is 11.0. The summed E-state index contributed by atoms with van der Waals surface area (Å²) in [6.45, 7) is 3.38. The van der Waals surface area contributed by atoms with Gasteiger partial charge in [-0.05, 0) is 56.5 Å². The highest BCUT2D eigenvalue weighted by Crippen LogP contribution is 2.40. The molecule has 7 nitrogen and oxygen atoms in total. The number of fused-ring (bicyclic) bond motifs is 2. The lowest BCUT2D eigenvalue weighted by atomic mass is 9.81. The lowest BCUT2D eigenvalue weighted by Gasteiger charge is -2.19. The average Bonchev–Trinajstić information content (AvgIpc) is 3.27. The smallest absolute Gasteiger partial charge is 0.339 e. The summed E-state index contributed by atoms with van der Waals surface area (Å²) in [7, 11) is 0. The fourth-order valence-corrected chi connectivity index (χ4v) is 6.19. The molecule has 8 heteroatoms. The molecule has 1 aliphatic heterocycles. The van der Waals surface area contributed by atoms with Gasteiger partial charge in [-0.25, -0.2) is 9.78 Å². The molecule has 4 aromatic rings. The van der Waals surface area contributed by atoms with Crippen molar-refractivity contribution in [3.63, 3.8) is 0 Å². The van der Waals surface area contributed by atoms with Gasteiger partial charge < -0.3 is 4.74 Å². The van der Waals surface area contributed by atoms with Crippen molar-refractivity contribution in [2.75, 3.05) is 4.90 Å². The van der Waals surface area contributed by atoms with Crippen LogP contribution in [0.5, 0.6) is 0 Å². The number of aryl methyl sites for hydroxylation is 1. The van der Waals surface area contributed by atoms with E-state index in [9.17, 15) is 19.2 Å². The Bertz CT molecular complexity index is 1710. The third kappa shape index (κ3) is 4.88. The van der Waals surface area contributed by atoms with Crippen LogP contribution in [-0.2, 0) is 14.3 Å². The average molecular weight is 581 g/mol. The Labute approximate surface area is 248 Å². The van der Waals surface area contributed by atoms with E-state index in [1.807, 2.05) is 13.0 Å². The molecule has 0 bridgehead atoms. The first kappa shape index (κ1) is 27.8. The maximum Gasteiger partial charge on any atom is 0.339 e. The number of imide groups is 1. The Hall–Kier alpha value is -4.36. The van der Waals surface area contributed by atoms with Crippen LogP contribution in [0.2, 0.25) is 5.02 Å². The number of esters is 1. The van der Waals surface area contributed by atoms with Crippen molar-refractivity contribution in [1.29, 1.82) is 0 Å². The monoisotopic (exact) mass is 580 g/mol. The van der Waals surface area contributed by atoms with Crippen LogP contribution in [0, 0.1) is 18.8 Å². The lowest BCUT2D eigenvalue weighted by molar-refractivity contribution is -0.122. The Morgan fingerprint density at radius 2 is 1.57 bits per heavy atom. The molecule has 1 aromatic heterocycles. The number of rotatable bonds is 6. The van der Waals surface area contributed by atoms with Gasteiger partial charge in [0.25, 0.3) is 0 Å². The largest absolute Gasteiger partial charge is 0.451 e. The maximum absolute atomic E-state index is 13.5. The summed E-state index contributed by atoms with van der Waals surface area (Å²) in [5, 5.41) is 1.06. The Morgan fingerprint density at radius 3 is 2.21 bits per heavy atom. The van der Waals surface area contributed by atoms with Crippen molar-refractivity contribution in [3.8, 4) is 11.3 Å². The van der Waals surface area contributed by atoms with Crippen molar-refractivity contribution in [1.82, 2.24) is 4.98 Å². The Morgan fingerprint density at radius 1 is 0.929 bits per heavy atom. The van der Waals surface area contributed by atoms with Crippen LogP contribution in [0.25, 0.3) is 22.2 Å². The van der Waals surface area contributed by atoms with E-state index in [2.05, 4.69) is 0 Å². The van der Waals surface area contributed by atoms with Gasteiger partial charge >= 0.3 is 5.97 Å². The summed E-state index contributed by atoms with van der Waals surface area (Å²) in [5.41, 5.74) is 3.63. The standard InChI is InChI=1S/C34H29ClN2O5/c1-19-28(35)17-16-24-27(34(41)42-20(2)31(38)22-8-4-3-5-9-22)18-29(36-30(19)24)21-12-14-23(15-13-21)37-32(39)25-10-6-7-11-26(25)33(37)40/h3-5,8-9,12-18,20,25-26H,6-7,10-11H2,1-2H3. The van der Waals surface area contributed by atoms with E-state index in [1.165, 1.54) is 4.90 Å². The van der Waals surface area contributed by atoms with Crippen LogP contribution in [0.3, 0.4) is 0 Å². The molecule has 2 fully saturated rings. The number of benzene rings is 3. The quantitative estimate of drug-likeness (QED) is 0.139. The van der Waals surface area contributed by atoms with Crippen molar-refractivity contribution >= 4 is 51.8 Å². The highest BCUT2D eigenvalue weighted by molar-refractivity contribution is 6.32. The summed E-state index contributed by atoms with van der Waals surface area (Å²) in [4.78, 5) is 58.6. The van der Waals surface area contributed by atoms with Gasteiger partial charge in [0.05, 0.1) is 34.3 Å². The molecule has 1 saturated carbocycles. The van der Waals surface area contributed by atoms with Crippen LogP contribution in [0.4, 0.5) is 5.69 Å². The molecule has 1 aliphatic carbocycles. The van der Waals surface area contributed by atoms with E-state index in [-0.39, 0.29) is 35.0 Å². The van der Waals surface area contributed by atoms with E-state index < -0.39 is 12.1 Å². The predicted octanol–water partition coefficient (Wildman–Crippen LogP) is 6.97. The number of anilines is 1. The molecule has 2 aliphatic rings. The molecule has 2 amide bonds. The third-order valence-corrected chi connectivity index (χ3v) is 8.77. The minimum absolute atomic E-state index is 0.129. The Balaban J connectivity index is 1.34. The van der Waals surface area contributed by atoms with Crippen molar-refractivity contribution in [2.45, 2.75) is 45.6 Å². The number of hydrogen-bond donors (Lipinski definition) is 0. The highest BCUT2D eigenvalue weighted by atomic mass is 35.5. The number of amides is 2. The van der Waals surface area contributed by atoms with Gasteiger partial charge in [-0.2, -0.15) is 0 Å². The van der Waals surface area contributed by atoms with Gasteiger partial charge in [-0.3, -0.25) is 19.3 Å². The summed E-state index contributed by atoms with van der Waals surface area (Å²) in [6.07, 6.45) is 2.43. The van der Waals surface area contributed by atoms with Crippen LogP contribution < -0.4 is 4.90 Å². The molecule has 0 radical (unpaired) electrons. The first-order valence-electron chi connectivity index (χ1n) is 14.1. The number of pyridine rings is 1. The molecule has 3 aromatic carbocycles. The van der Waals surface area contributed by atoms with Crippen LogP contribution in [0.1, 0.15) is 58.9 Å². The van der Waals surface area contributed by atoms with Gasteiger partial charge in [0, 0.05) is 21.5 Å². The lowest BCUT2D eigenvalue weighted by Crippen LogP contribution is -2.30. The molecule has 6 rings (SSSR count). The first-order chi connectivity index (χ1) is 20.2. The number of hydrogen-bond acceptors (Lipinski definition) is 6. The van der Waals surface area contributed by atoms with Gasteiger partial charge in [-0.1, -0.05) is 73.0 Å². The molecule has 3 atom stereocenters.